The number of hydrogen-bond donors (Lipinski definition) is 3. The summed E-state index contributed by atoms with van der Waals surface area (Å²) in [6, 6.07) is 10.1. The van der Waals surface area contributed by atoms with Crippen molar-refractivity contribution in [3.8, 4) is 11.5 Å². The Labute approximate surface area is 197 Å². The average Bonchev–Trinajstić information content (AvgIpc) is 2.67. The van der Waals surface area contributed by atoms with Crippen LogP contribution in [0.4, 0.5) is 0 Å². The highest BCUT2D eigenvalue weighted by Gasteiger charge is 2.17. The van der Waals surface area contributed by atoms with E-state index >= 15 is 0 Å². The van der Waals surface area contributed by atoms with Crippen molar-refractivity contribution in [1.29, 1.82) is 0 Å². The lowest BCUT2D eigenvalue weighted by molar-refractivity contribution is -0.128. The Hall–Kier alpha value is -2.07. The van der Waals surface area contributed by atoms with Crippen LogP contribution in [-0.2, 0) is 9.59 Å². The Morgan fingerprint density at radius 1 is 1.13 bits per heavy atom. The van der Waals surface area contributed by atoms with Crippen LogP contribution in [-0.4, -0.2) is 29.6 Å². The molecule has 2 rings (SSSR count). The van der Waals surface area contributed by atoms with Crippen molar-refractivity contribution >= 4 is 68.3 Å². The second kappa shape index (κ2) is 11.4. The maximum atomic E-state index is 12.1. The fourth-order valence-electron chi connectivity index (χ4n) is 2.15. The highest BCUT2D eigenvalue weighted by molar-refractivity contribution is 9.10. The van der Waals surface area contributed by atoms with Crippen LogP contribution < -0.4 is 25.6 Å². The third kappa shape index (κ3) is 7.64. The largest absolute Gasteiger partial charge is 0.483 e. The molecule has 11 heteroatoms. The quantitative estimate of drug-likeness (QED) is 0.384. The van der Waals surface area contributed by atoms with Crippen LogP contribution in [0.15, 0.2) is 40.9 Å². The zero-order valence-electron chi connectivity index (χ0n) is 15.9. The normalized spacial score (nSPS) is 11.2. The molecule has 0 saturated heterocycles. The lowest BCUT2D eigenvalue weighted by Crippen LogP contribution is -2.52. The minimum absolute atomic E-state index is 0.0961. The number of aryl methyl sites for hydroxylation is 1. The molecule has 0 fully saturated rings. The molecule has 2 amide bonds. The van der Waals surface area contributed by atoms with E-state index in [1.54, 1.807) is 18.2 Å². The van der Waals surface area contributed by atoms with E-state index in [-0.39, 0.29) is 16.7 Å². The minimum Gasteiger partial charge on any atom is -0.483 e. The van der Waals surface area contributed by atoms with Gasteiger partial charge >= 0.3 is 0 Å². The van der Waals surface area contributed by atoms with Crippen molar-refractivity contribution in [2.75, 3.05) is 6.61 Å². The maximum Gasteiger partial charge on any atom is 0.279 e. The van der Waals surface area contributed by atoms with E-state index in [1.165, 1.54) is 13.0 Å². The SMILES string of the molecule is Cc1cc(Br)ccc1OCC(=O)NC(=S)NNC(=O)C(C)Oc1ccc(Cl)cc1Cl. The zero-order valence-corrected chi connectivity index (χ0v) is 19.8. The van der Waals surface area contributed by atoms with Gasteiger partial charge in [-0.15, -0.1) is 0 Å². The van der Waals surface area contributed by atoms with E-state index in [1.807, 2.05) is 19.1 Å². The maximum absolute atomic E-state index is 12.1. The zero-order chi connectivity index (χ0) is 22.3. The summed E-state index contributed by atoms with van der Waals surface area (Å²) in [5, 5.41) is 3.03. The fourth-order valence-corrected chi connectivity index (χ4v) is 3.24. The summed E-state index contributed by atoms with van der Waals surface area (Å²) in [6.45, 7) is 3.14. The second-order valence-electron chi connectivity index (χ2n) is 6.02. The molecule has 0 saturated carbocycles. The van der Waals surface area contributed by atoms with Gasteiger partial charge in [-0.3, -0.25) is 25.8 Å². The molecule has 160 valence electrons. The Morgan fingerprint density at radius 2 is 1.83 bits per heavy atom. The highest BCUT2D eigenvalue weighted by Crippen LogP contribution is 2.28. The van der Waals surface area contributed by atoms with Gasteiger partial charge in [0, 0.05) is 9.50 Å². The van der Waals surface area contributed by atoms with E-state index < -0.39 is 17.9 Å². The van der Waals surface area contributed by atoms with Crippen LogP contribution in [0.25, 0.3) is 0 Å². The first-order valence-electron chi connectivity index (χ1n) is 8.56. The number of hydrogen-bond acceptors (Lipinski definition) is 5. The number of ether oxygens (including phenoxy) is 2. The number of carbonyl (C=O) groups excluding carboxylic acids is 2. The minimum atomic E-state index is -0.890. The van der Waals surface area contributed by atoms with Gasteiger partial charge in [-0.25, -0.2) is 0 Å². The first-order valence-corrected chi connectivity index (χ1v) is 10.5. The van der Waals surface area contributed by atoms with Crippen molar-refractivity contribution in [2.45, 2.75) is 20.0 Å². The summed E-state index contributed by atoms with van der Waals surface area (Å²) >= 11 is 20.2. The number of halogens is 3. The first kappa shape index (κ1) is 24.2. The van der Waals surface area contributed by atoms with Crippen LogP contribution in [0, 0.1) is 6.92 Å². The standard InChI is InChI=1S/C19H18BrCl2N3O4S/c1-10-7-12(20)3-5-15(10)28-9-17(26)23-19(30)25-24-18(27)11(2)29-16-6-4-13(21)8-14(16)22/h3-8,11H,9H2,1-2H3,(H,24,27)(H2,23,25,26,30). The smallest absolute Gasteiger partial charge is 0.279 e. The molecule has 7 nitrogen and oxygen atoms in total. The molecule has 30 heavy (non-hydrogen) atoms. The van der Waals surface area contributed by atoms with E-state index in [9.17, 15) is 9.59 Å². The highest BCUT2D eigenvalue weighted by atomic mass is 79.9. The number of carbonyl (C=O) groups is 2. The molecule has 0 spiro atoms. The Balaban J connectivity index is 1.74. The summed E-state index contributed by atoms with van der Waals surface area (Å²) in [5.74, 6) is -0.131. The number of thiocarbonyl (C=S) groups is 1. The van der Waals surface area contributed by atoms with Gasteiger partial charge in [-0.05, 0) is 68.0 Å². The molecule has 3 N–H and O–H groups in total. The summed E-state index contributed by atoms with van der Waals surface area (Å²) in [7, 11) is 0. The average molecular weight is 535 g/mol. The fraction of sp³-hybridized carbons (Fsp3) is 0.211. The van der Waals surface area contributed by atoms with Crippen molar-refractivity contribution in [3.63, 3.8) is 0 Å². The number of nitrogens with one attached hydrogen (secondary N) is 3. The third-order valence-electron chi connectivity index (χ3n) is 3.61. The van der Waals surface area contributed by atoms with Gasteiger partial charge < -0.3 is 9.47 Å². The van der Waals surface area contributed by atoms with Gasteiger partial charge in [0.05, 0.1) is 5.02 Å². The van der Waals surface area contributed by atoms with E-state index in [0.29, 0.717) is 16.5 Å². The van der Waals surface area contributed by atoms with Crippen molar-refractivity contribution < 1.29 is 19.1 Å². The Morgan fingerprint density at radius 3 is 2.50 bits per heavy atom. The van der Waals surface area contributed by atoms with Gasteiger partial charge in [0.15, 0.2) is 17.8 Å². The first-order chi connectivity index (χ1) is 14.2. The molecule has 1 unspecified atom stereocenters. The summed E-state index contributed by atoms with van der Waals surface area (Å²) in [5.41, 5.74) is 5.64. The molecule has 0 radical (unpaired) electrons. The number of rotatable bonds is 6. The molecular weight excluding hydrogens is 517 g/mol. The van der Waals surface area contributed by atoms with Crippen LogP contribution in [0.2, 0.25) is 10.0 Å². The van der Waals surface area contributed by atoms with Crippen molar-refractivity contribution in [3.05, 3.63) is 56.5 Å². The van der Waals surface area contributed by atoms with E-state index in [4.69, 9.17) is 44.9 Å². The Bertz CT molecular complexity index is 961. The van der Waals surface area contributed by atoms with Gasteiger partial charge in [0.2, 0.25) is 0 Å². The molecule has 2 aromatic carbocycles. The number of hydrazine groups is 1. The third-order valence-corrected chi connectivity index (χ3v) is 4.84. The number of benzene rings is 2. The molecule has 2 aromatic rings. The lowest BCUT2D eigenvalue weighted by atomic mass is 10.2. The predicted octanol–water partition coefficient (Wildman–Crippen LogP) is 3.93. The molecule has 0 aliphatic carbocycles. The van der Waals surface area contributed by atoms with Crippen molar-refractivity contribution in [2.24, 2.45) is 0 Å². The van der Waals surface area contributed by atoms with E-state index in [2.05, 4.69) is 32.1 Å². The molecule has 0 aromatic heterocycles. The molecular formula is C19H18BrCl2N3O4S. The second-order valence-corrected chi connectivity index (χ2v) is 8.19. The molecule has 0 aliphatic heterocycles. The summed E-state index contributed by atoms with van der Waals surface area (Å²) in [4.78, 5) is 24.1. The molecule has 0 aliphatic rings. The van der Waals surface area contributed by atoms with E-state index in [0.717, 1.165) is 10.0 Å². The predicted molar refractivity (Wildman–Crippen MR) is 123 cm³/mol. The van der Waals surface area contributed by atoms with Gasteiger partial charge in [0.25, 0.3) is 11.8 Å². The topological polar surface area (TPSA) is 88.7 Å². The molecule has 0 heterocycles. The molecule has 1 atom stereocenters. The monoisotopic (exact) mass is 533 g/mol. The van der Waals surface area contributed by atoms with Gasteiger partial charge in [0.1, 0.15) is 11.5 Å². The van der Waals surface area contributed by atoms with Gasteiger partial charge in [-0.1, -0.05) is 39.1 Å². The van der Waals surface area contributed by atoms with Crippen LogP contribution in [0.3, 0.4) is 0 Å². The lowest BCUT2D eigenvalue weighted by Gasteiger charge is -2.17. The number of amides is 2. The Kier molecular flexibility index (Phi) is 9.16. The van der Waals surface area contributed by atoms with Crippen LogP contribution >= 0.6 is 51.3 Å². The summed E-state index contributed by atoms with van der Waals surface area (Å²) < 4.78 is 11.9. The molecule has 0 bridgehead atoms. The van der Waals surface area contributed by atoms with Gasteiger partial charge in [-0.2, -0.15) is 0 Å². The van der Waals surface area contributed by atoms with Crippen molar-refractivity contribution in [1.82, 2.24) is 16.2 Å². The van der Waals surface area contributed by atoms with Crippen LogP contribution in [0.1, 0.15) is 12.5 Å². The summed E-state index contributed by atoms with van der Waals surface area (Å²) in [6.07, 6.45) is -0.890. The van der Waals surface area contributed by atoms with Crippen LogP contribution in [0.5, 0.6) is 11.5 Å².